The highest BCUT2D eigenvalue weighted by Gasteiger charge is 2.51. The highest BCUT2D eigenvalue weighted by atomic mass is 16.7. The Balaban J connectivity index is 1.35. The summed E-state index contributed by atoms with van der Waals surface area (Å²) in [5.41, 5.74) is -3.85. The number of ether oxygens (including phenoxy) is 5. The van der Waals surface area contributed by atoms with Crippen LogP contribution in [0.2, 0.25) is 0 Å². The minimum atomic E-state index is -1.95. The van der Waals surface area contributed by atoms with E-state index in [-0.39, 0.29) is 16.7 Å². The van der Waals surface area contributed by atoms with Gasteiger partial charge in [0, 0.05) is 28.3 Å². The number of carbonyl (C=O) groups excluding carboxylic acids is 4. The lowest BCUT2D eigenvalue weighted by Crippen LogP contribution is -2.62. The number of hydrogen-bond acceptors (Lipinski definition) is 19. The largest absolute Gasteiger partial charge is 0.508 e. The van der Waals surface area contributed by atoms with Crippen LogP contribution in [0.5, 0.6) is 23.0 Å². The van der Waals surface area contributed by atoms with Gasteiger partial charge in [-0.15, -0.1) is 0 Å². The summed E-state index contributed by atoms with van der Waals surface area (Å²) in [5.74, 6) is -6.97. The molecule has 2 aliphatic heterocycles. The highest BCUT2D eigenvalue weighted by molar-refractivity contribution is 6.31. The van der Waals surface area contributed by atoms with Gasteiger partial charge in [0.1, 0.15) is 78.4 Å². The lowest BCUT2D eigenvalue weighted by Gasteiger charge is -2.45. The van der Waals surface area contributed by atoms with Gasteiger partial charge in [-0.2, -0.15) is 0 Å². The molecule has 1 amide bonds. The average Bonchev–Trinajstić information content (AvgIpc) is 3.17. The molecule has 0 aromatic heterocycles. The van der Waals surface area contributed by atoms with Gasteiger partial charge < -0.3 is 80.1 Å². The Bertz CT molecular complexity index is 2220. The quantitative estimate of drug-likeness (QED) is 0.0952. The van der Waals surface area contributed by atoms with E-state index in [0.717, 1.165) is 25.3 Å². The molecule has 4 aliphatic rings. The number of aliphatic hydroxyl groups is 6. The molecule has 2 heterocycles. The summed E-state index contributed by atoms with van der Waals surface area (Å²) in [5, 5.41) is 112. The van der Waals surface area contributed by atoms with E-state index in [1.807, 2.05) is 0 Å². The molecule has 0 spiro atoms. The van der Waals surface area contributed by atoms with Crippen LogP contribution in [0.15, 0.2) is 24.3 Å². The fourth-order valence-corrected chi connectivity index (χ4v) is 7.76. The first kappa shape index (κ1) is 40.9. The number of aryl methyl sites for hydroxylation is 1. The van der Waals surface area contributed by atoms with Crippen molar-refractivity contribution < 1.29 is 93.9 Å². The summed E-state index contributed by atoms with van der Waals surface area (Å²) in [6, 6.07) is 4.02. The van der Waals surface area contributed by atoms with Crippen LogP contribution in [-0.2, 0) is 28.5 Å². The number of amides is 1. The molecule has 7 rings (SSSR count). The van der Waals surface area contributed by atoms with Gasteiger partial charge in [-0.3, -0.25) is 19.2 Å². The molecular weight excluding hydrogens is 774 g/mol. The van der Waals surface area contributed by atoms with Crippen LogP contribution in [0.3, 0.4) is 0 Å². The Morgan fingerprint density at radius 3 is 2.12 bits per heavy atom. The summed E-state index contributed by atoms with van der Waals surface area (Å²) in [6.07, 6.45) is -18.5. The molecule has 0 bridgehead atoms. The first-order valence-electron chi connectivity index (χ1n) is 17.8. The number of aromatic hydroxyl groups is 4. The number of rotatable bonds is 7. The lowest BCUT2D eigenvalue weighted by atomic mass is 9.74. The molecule has 0 saturated carbocycles. The highest BCUT2D eigenvalue weighted by Crippen LogP contribution is 2.57. The molecule has 58 heavy (non-hydrogen) atoms. The number of nitrogens with one attached hydrogen (secondary N) is 1. The number of carbonyl (C=O) groups is 4. The van der Waals surface area contributed by atoms with E-state index in [0.29, 0.717) is 0 Å². The Labute approximate surface area is 327 Å². The minimum Gasteiger partial charge on any atom is -0.508 e. The van der Waals surface area contributed by atoms with Crippen molar-refractivity contribution in [3.05, 3.63) is 68.8 Å². The second-order valence-corrected chi connectivity index (χ2v) is 14.3. The number of benzene rings is 3. The van der Waals surface area contributed by atoms with Gasteiger partial charge in [-0.05, 0) is 42.7 Å². The molecule has 3 aromatic rings. The summed E-state index contributed by atoms with van der Waals surface area (Å²) in [4.78, 5) is 53.0. The van der Waals surface area contributed by atoms with Crippen LogP contribution < -0.4 is 5.32 Å². The number of phenols is 4. The fourth-order valence-electron chi connectivity index (χ4n) is 7.76. The summed E-state index contributed by atoms with van der Waals surface area (Å²) >= 11 is 0. The van der Waals surface area contributed by atoms with Gasteiger partial charge in [0.2, 0.25) is 0 Å². The predicted octanol–water partition coefficient (Wildman–Crippen LogP) is -1.44. The third-order valence-electron chi connectivity index (χ3n) is 10.7. The fraction of sp³-hybridized carbons (Fsp3) is 0.421. The van der Waals surface area contributed by atoms with Crippen molar-refractivity contribution in [3.8, 4) is 34.1 Å². The van der Waals surface area contributed by atoms with Crippen LogP contribution in [0.4, 0.5) is 0 Å². The molecule has 2 saturated heterocycles. The van der Waals surface area contributed by atoms with Gasteiger partial charge in [-0.1, -0.05) is 6.07 Å². The normalized spacial score (nSPS) is 30.1. The second kappa shape index (κ2) is 15.2. The van der Waals surface area contributed by atoms with Crippen LogP contribution in [-0.4, -0.2) is 150 Å². The molecule has 0 radical (unpaired) electrons. The van der Waals surface area contributed by atoms with E-state index in [1.165, 1.54) is 19.9 Å². The number of esters is 1. The molecule has 11 N–H and O–H groups in total. The van der Waals surface area contributed by atoms with Crippen molar-refractivity contribution in [2.75, 3.05) is 20.3 Å². The van der Waals surface area contributed by atoms with Crippen molar-refractivity contribution in [1.29, 1.82) is 0 Å². The van der Waals surface area contributed by atoms with Crippen molar-refractivity contribution in [2.24, 2.45) is 0 Å². The second-order valence-electron chi connectivity index (χ2n) is 14.3. The zero-order valence-corrected chi connectivity index (χ0v) is 30.7. The Hall–Kier alpha value is -5.26. The molecule has 310 valence electrons. The van der Waals surface area contributed by atoms with E-state index >= 15 is 0 Å². The van der Waals surface area contributed by atoms with Crippen molar-refractivity contribution in [1.82, 2.24) is 5.32 Å². The van der Waals surface area contributed by atoms with Gasteiger partial charge >= 0.3 is 5.97 Å². The Morgan fingerprint density at radius 2 is 1.43 bits per heavy atom. The van der Waals surface area contributed by atoms with Crippen LogP contribution in [0.25, 0.3) is 11.1 Å². The number of ketones is 2. The van der Waals surface area contributed by atoms with Crippen molar-refractivity contribution >= 4 is 23.4 Å². The number of hydrogen-bond donors (Lipinski definition) is 11. The molecular formula is C38H39NO19. The standard InChI is InChI=1S/C38H39NO19/c1-10-4-16-23(30(49)20(10)36(53)39-8-19(43)54-3)22-14(7-15-24(31(22)50)27(46)13-5-12(40)6-17(41)21(13)26(15)45)28(47)34(16)57-38-33(52)35(25(44)11(2)56-38)58-37-32(51)29(48)18(42)9-55-37/h4-7,11,18,25,28-29,32-35,37-38,40-42,44,47-52H,8-9H2,1-3H3,(H,39,53)/t11-,18-,25+,28+,29+,32-,33-,34+,35+,37+,38+/m1/s1. The maximum atomic E-state index is 13.9. The summed E-state index contributed by atoms with van der Waals surface area (Å²) < 4.78 is 27.5. The Morgan fingerprint density at radius 1 is 0.776 bits per heavy atom. The van der Waals surface area contributed by atoms with Gasteiger partial charge in [0.25, 0.3) is 5.91 Å². The molecule has 2 aliphatic carbocycles. The zero-order chi connectivity index (χ0) is 42.2. The van der Waals surface area contributed by atoms with E-state index in [9.17, 15) is 70.2 Å². The van der Waals surface area contributed by atoms with Gasteiger partial charge in [0.15, 0.2) is 24.1 Å². The maximum absolute atomic E-state index is 13.9. The first-order chi connectivity index (χ1) is 27.4. The predicted molar refractivity (Wildman–Crippen MR) is 189 cm³/mol. The van der Waals surface area contributed by atoms with E-state index < -0.39 is 166 Å². The number of aliphatic hydroxyl groups excluding tert-OH is 6. The van der Waals surface area contributed by atoms with Gasteiger partial charge in [-0.25, -0.2) is 0 Å². The monoisotopic (exact) mass is 813 g/mol. The SMILES string of the molecule is COC(=O)CNC(=O)c1c(C)cc2c(c1O)-c1c(cc3c(c1O)C(=O)c1cc(O)cc(O)c1C3=O)[C@H](O)[C@H]2O[C@@H]1O[C@H](C)[C@H](O)[C@H](O[C@@H]2OC[C@@H](O)[C@H](O)[C@H]2O)[C@H]1O. The molecule has 3 aromatic carbocycles. The summed E-state index contributed by atoms with van der Waals surface area (Å²) in [7, 11) is 1.08. The third kappa shape index (κ3) is 6.52. The molecule has 0 unspecified atom stereocenters. The Kier molecular flexibility index (Phi) is 10.7. The van der Waals surface area contributed by atoms with Crippen LogP contribution in [0, 0.1) is 6.92 Å². The first-order valence-corrected chi connectivity index (χ1v) is 17.8. The van der Waals surface area contributed by atoms with E-state index in [4.69, 9.17) is 18.9 Å². The van der Waals surface area contributed by atoms with Crippen molar-refractivity contribution in [2.45, 2.75) is 81.4 Å². The van der Waals surface area contributed by atoms with E-state index in [1.54, 1.807) is 0 Å². The number of methoxy groups -OCH3 is 1. The molecule has 2 fully saturated rings. The maximum Gasteiger partial charge on any atom is 0.325 e. The smallest absolute Gasteiger partial charge is 0.325 e. The van der Waals surface area contributed by atoms with E-state index in [2.05, 4.69) is 10.1 Å². The topological polar surface area (TPSA) is 329 Å². The lowest BCUT2D eigenvalue weighted by molar-refractivity contribution is -0.353. The van der Waals surface area contributed by atoms with Crippen LogP contribution in [0.1, 0.15) is 78.0 Å². The minimum absolute atomic E-state index is 0.0331. The van der Waals surface area contributed by atoms with Crippen molar-refractivity contribution in [3.63, 3.8) is 0 Å². The zero-order valence-electron chi connectivity index (χ0n) is 30.7. The molecule has 11 atom stereocenters. The molecule has 20 nitrogen and oxygen atoms in total. The number of fused-ring (bicyclic) bond motifs is 5. The average molecular weight is 814 g/mol. The van der Waals surface area contributed by atoms with Crippen LogP contribution >= 0.6 is 0 Å². The van der Waals surface area contributed by atoms with Gasteiger partial charge in [0.05, 0.1) is 36.5 Å². The number of phenolic OH excluding ortho intramolecular Hbond substituents is 4. The third-order valence-corrected chi connectivity index (χ3v) is 10.7. The summed E-state index contributed by atoms with van der Waals surface area (Å²) in [6.45, 7) is 1.66. The molecule has 20 heteroatoms.